The molecule has 1 aliphatic heterocycles. The van der Waals surface area contributed by atoms with Crippen molar-refractivity contribution in [1.29, 1.82) is 0 Å². The number of allylic oxidation sites excluding steroid dienone is 2. The standard InChI is InChI=1S/C14H20N2O2.C7H14/c1-12-3-2-4-13(11-12)14(18)16-7-5-15(6-8-16)9-10-17;1-4-6-7(3)5-2/h2-4,11,17H,5-10H2,1H3;6H,4-5H2,1-3H3/b;7-6+. The van der Waals surface area contributed by atoms with Gasteiger partial charge in [-0.15, -0.1) is 0 Å². The third kappa shape index (κ3) is 7.84. The van der Waals surface area contributed by atoms with Gasteiger partial charge in [0, 0.05) is 38.3 Å². The van der Waals surface area contributed by atoms with Crippen molar-refractivity contribution in [3.63, 3.8) is 0 Å². The van der Waals surface area contributed by atoms with Crippen molar-refractivity contribution in [3.05, 3.63) is 47.0 Å². The summed E-state index contributed by atoms with van der Waals surface area (Å²) in [5.41, 5.74) is 3.38. The molecule has 0 spiro atoms. The Morgan fingerprint density at radius 3 is 2.36 bits per heavy atom. The third-order valence-corrected chi connectivity index (χ3v) is 4.45. The maximum atomic E-state index is 12.3. The van der Waals surface area contributed by atoms with E-state index in [1.807, 2.05) is 36.1 Å². The van der Waals surface area contributed by atoms with Crippen LogP contribution in [-0.2, 0) is 0 Å². The number of aliphatic hydroxyl groups is 1. The Bertz CT molecular complexity index is 547. The van der Waals surface area contributed by atoms with Crippen LogP contribution in [0.2, 0.25) is 0 Å². The first-order valence-electron chi connectivity index (χ1n) is 9.36. The highest BCUT2D eigenvalue weighted by Gasteiger charge is 2.21. The van der Waals surface area contributed by atoms with E-state index in [0.717, 1.165) is 37.3 Å². The minimum Gasteiger partial charge on any atom is -0.395 e. The van der Waals surface area contributed by atoms with Crippen LogP contribution in [0.1, 0.15) is 49.5 Å². The number of hydrogen-bond donors (Lipinski definition) is 1. The molecule has 4 heteroatoms. The fourth-order valence-corrected chi connectivity index (χ4v) is 2.77. The van der Waals surface area contributed by atoms with E-state index < -0.39 is 0 Å². The average molecular weight is 347 g/mol. The van der Waals surface area contributed by atoms with Gasteiger partial charge in [0.1, 0.15) is 0 Å². The second kappa shape index (κ2) is 11.8. The summed E-state index contributed by atoms with van der Waals surface area (Å²) in [4.78, 5) is 16.3. The molecule has 0 atom stereocenters. The fraction of sp³-hybridized carbons (Fsp3) is 0.571. The Hall–Kier alpha value is -1.65. The fourth-order valence-electron chi connectivity index (χ4n) is 2.77. The van der Waals surface area contributed by atoms with E-state index in [1.165, 1.54) is 18.4 Å². The predicted octanol–water partition coefficient (Wildman–Crippen LogP) is 3.50. The molecular formula is C21H34N2O2. The van der Waals surface area contributed by atoms with Crippen LogP contribution in [0.15, 0.2) is 35.9 Å². The first kappa shape index (κ1) is 21.4. The van der Waals surface area contributed by atoms with Crippen LogP contribution in [0.5, 0.6) is 0 Å². The average Bonchev–Trinajstić information content (AvgIpc) is 2.63. The maximum absolute atomic E-state index is 12.3. The van der Waals surface area contributed by atoms with Gasteiger partial charge >= 0.3 is 0 Å². The van der Waals surface area contributed by atoms with Gasteiger partial charge in [0.2, 0.25) is 0 Å². The molecule has 0 bridgehead atoms. The van der Waals surface area contributed by atoms with Crippen molar-refractivity contribution in [2.75, 3.05) is 39.3 Å². The molecule has 1 amide bonds. The third-order valence-electron chi connectivity index (χ3n) is 4.45. The zero-order valence-corrected chi connectivity index (χ0v) is 16.3. The van der Waals surface area contributed by atoms with Gasteiger partial charge in [-0.3, -0.25) is 9.69 Å². The first-order chi connectivity index (χ1) is 12.0. The summed E-state index contributed by atoms with van der Waals surface area (Å²) in [6.45, 7) is 12.6. The molecule has 1 aromatic carbocycles. The summed E-state index contributed by atoms with van der Waals surface area (Å²) >= 11 is 0. The first-order valence-corrected chi connectivity index (χ1v) is 9.36. The molecule has 0 radical (unpaired) electrons. The molecule has 2 rings (SSSR count). The molecule has 1 N–H and O–H groups in total. The predicted molar refractivity (Wildman–Crippen MR) is 105 cm³/mol. The Balaban J connectivity index is 0.000000381. The minimum atomic E-state index is 0.113. The van der Waals surface area contributed by atoms with E-state index in [1.54, 1.807) is 0 Å². The van der Waals surface area contributed by atoms with E-state index in [-0.39, 0.29) is 12.5 Å². The van der Waals surface area contributed by atoms with Crippen molar-refractivity contribution in [3.8, 4) is 0 Å². The zero-order chi connectivity index (χ0) is 18.7. The Morgan fingerprint density at radius 2 is 1.88 bits per heavy atom. The van der Waals surface area contributed by atoms with E-state index >= 15 is 0 Å². The SMILES string of the molecule is CC/C=C(\C)CC.Cc1cccc(C(=O)N2CCN(CCO)CC2)c1. The van der Waals surface area contributed by atoms with Gasteiger partial charge in [-0.1, -0.05) is 43.2 Å². The summed E-state index contributed by atoms with van der Waals surface area (Å²) in [5, 5.41) is 8.88. The molecule has 0 unspecified atom stereocenters. The summed E-state index contributed by atoms with van der Waals surface area (Å²) in [6, 6.07) is 7.72. The number of nitrogens with zero attached hydrogens (tertiary/aromatic N) is 2. The van der Waals surface area contributed by atoms with Crippen molar-refractivity contribution in [2.45, 2.75) is 40.5 Å². The number of aryl methyl sites for hydroxylation is 1. The normalized spacial score (nSPS) is 15.6. The molecule has 25 heavy (non-hydrogen) atoms. The second-order valence-electron chi connectivity index (χ2n) is 6.54. The second-order valence-corrected chi connectivity index (χ2v) is 6.54. The van der Waals surface area contributed by atoms with E-state index in [2.05, 4.69) is 31.7 Å². The molecule has 1 fully saturated rings. The Labute approximate surface area is 153 Å². The van der Waals surface area contributed by atoms with Crippen LogP contribution in [0.3, 0.4) is 0 Å². The highest BCUT2D eigenvalue weighted by atomic mass is 16.3. The molecule has 1 aliphatic rings. The number of piperazine rings is 1. The van der Waals surface area contributed by atoms with E-state index in [9.17, 15) is 4.79 Å². The van der Waals surface area contributed by atoms with Gasteiger partial charge in [-0.2, -0.15) is 0 Å². The Morgan fingerprint density at radius 1 is 1.20 bits per heavy atom. The lowest BCUT2D eigenvalue weighted by Crippen LogP contribution is -2.49. The van der Waals surface area contributed by atoms with Crippen LogP contribution in [-0.4, -0.2) is 60.1 Å². The molecule has 4 nitrogen and oxygen atoms in total. The lowest BCUT2D eigenvalue weighted by atomic mass is 10.1. The van der Waals surface area contributed by atoms with Crippen LogP contribution in [0, 0.1) is 6.92 Å². The summed E-state index contributed by atoms with van der Waals surface area (Å²) in [5.74, 6) is 0.113. The van der Waals surface area contributed by atoms with Crippen LogP contribution >= 0.6 is 0 Å². The van der Waals surface area contributed by atoms with E-state index in [4.69, 9.17) is 5.11 Å². The highest BCUT2D eigenvalue weighted by molar-refractivity contribution is 5.94. The molecule has 0 saturated carbocycles. The topological polar surface area (TPSA) is 43.8 Å². The van der Waals surface area contributed by atoms with Crippen LogP contribution in [0.4, 0.5) is 0 Å². The molecule has 0 aliphatic carbocycles. The molecular weight excluding hydrogens is 312 g/mol. The summed E-state index contributed by atoms with van der Waals surface area (Å²) in [6.07, 6.45) is 4.65. The number of hydrogen-bond acceptors (Lipinski definition) is 3. The molecule has 1 saturated heterocycles. The van der Waals surface area contributed by atoms with Gasteiger partial charge < -0.3 is 10.0 Å². The summed E-state index contributed by atoms with van der Waals surface area (Å²) in [7, 11) is 0. The maximum Gasteiger partial charge on any atom is 0.253 e. The van der Waals surface area contributed by atoms with Crippen molar-refractivity contribution >= 4 is 5.91 Å². The molecule has 0 aromatic heterocycles. The van der Waals surface area contributed by atoms with Gasteiger partial charge in [-0.05, 0) is 38.8 Å². The highest BCUT2D eigenvalue weighted by Crippen LogP contribution is 2.10. The number of benzene rings is 1. The minimum absolute atomic E-state index is 0.113. The van der Waals surface area contributed by atoms with Gasteiger partial charge in [0.15, 0.2) is 0 Å². The number of rotatable bonds is 5. The Kier molecular flexibility index (Phi) is 10.1. The number of amides is 1. The van der Waals surface area contributed by atoms with Gasteiger partial charge in [0.05, 0.1) is 6.61 Å². The van der Waals surface area contributed by atoms with Crippen LogP contribution < -0.4 is 0 Å². The number of carbonyl (C=O) groups is 1. The van der Waals surface area contributed by atoms with Crippen molar-refractivity contribution in [2.24, 2.45) is 0 Å². The zero-order valence-electron chi connectivity index (χ0n) is 16.3. The lowest BCUT2D eigenvalue weighted by molar-refractivity contribution is 0.0615. The van der Waals surface area contributed by atoms with Crippen molar-refractivity contribution in [1.82, 2.24) is 9.80 Å². The van der Waals surface area contributed by atoms with E-state index in [0.29, 0.717) is 6.54 Å². The molecule has 140 valence electrons. The largest absolute Gasteiger partial charge is 0.395 e. The molecule has 1 heterocycles. The number of β-amino-alcohol motifs (C(OH)–C–C–N with tert-alkyl or cyclic N) is 1. The van der Waals surface area contributed by atoms with Crippen LogP contribution in [0.25, 0.3) is 0 Å². The van der Waals surface area contributed by atoms with Crippen molar-refractivity contribution < 1.29 is 9.90 Å². The molecule has 1 aromatic rings. The number of aliphatic hydroxyl groups excluding tert-OH is 1. The van der Waals surface area contributed by atoms with Gasteiger partial charge in [-0.25, -0.2) is 0 Å². The summed E-state index contributed by atoms with van der Waals surface area (Å²) < 4.78 is 0. The smallest absolute Gasteiger partial charge is 0.253 e. The van der Waals surface area contributed by atoms with Gasteiger partial charge in [0.25, 0.3) is 5.91 Å². The quantitative estimate of drug-likeness (QED) is 0.830. The lowest BCUT2D eigenvalue weighted by Gasteiger charge is -2.34. The monoisotopic (exact) mass is 346 g/mol. The number of carbonyl (C=O) groups excluding carboxylic acids is 1.